The van der Waals surface area contributed by atoms with Gasteiger partial charge in [0.15, 0.2) is 0 Å². The van der Waals surface area contributed by atoms with Crippen molar-refractivity contribution in [3.63, 3.8) is 0 Å². The fourth-order valence-corrected chi connectivity index (χ4v) is 2.92. The van der Waals surface area contributed by atoms with E-state index in [0.717, 1.165) is 0 Å². The zero-order chi connectivity index (χ0) is 21.7. The Kier molecular flexibility index (Phi) is 5.90. The van der Waals surface area contributed by atoms with Crippen molar-refractivity contribution in [1.29, 1.82) is 0 Å². The molecule has 1 fully saturated rings. The number of alkyl halides is 5. The van der Waals surface area contributed by atoms with Crippen LogP contribution in [-0.4, -0.2) is 41.2 Å². The van der Waals surface area contributed by atoms with Crippen molar-refractivity contribution >= 4 is 5.97 Å². The summed E-state index contributed by atoms with van der Waals surface area (Å²) in [5.41, 5.74) is -4.41. The van der Waals surface area contributed by atoms with E-state index in [9.17, 15) is 31.9 Å². The van der Waals surface area contributed by atoms with E-state index in [-0.39, 0.29) is 0 Å². The molecule has 0 aromatic carbocycles. The molecule has 0 bridgehead atoms. The lowest BCUT2D eigenvalue weighted by atomic mass is 9.64. The van der Waals surface area contributed by atoms with Gasteiger partial charge in [0, 0.05) is 0 Å². The summed E-state index contributed by atoms with van der Waals surface area (Å²) >= 11 is 0. The maximum Gasteiger partial charge on any atom is 0.449 e. The average molecular weight is 402 g/mol. The second kappa shape index (κ2) is 6.69. The fourth-order valence-electron chi connectivity index (χ4n) is 2.92. The predicted molar refractivity (Wildman–Crippen MR) is 88.0 cm³/mol. The first kappa shape index (κ1) is 23.8. The van der Waals surface area contributed by atoms with E-state index in [2.05, 4.69) is 4.74 Å². The molecule has 3 unspecified atom stereocenters. The van der Waals surface area contributed by atoms with Crippen molar-refractivity contribution in [2.24, 2.45) is 10.8 Å². The van der Waals surface area contributed by atoms with Gasteiger partial charge in [-0.25, -0.2) is 0 Å². The molecule has 1 saturated heterocycles. The largest absolute Gasteiger partial charge is 0.450 e. The monoisotopic (exact) mass is 402 g/mol. The van der Waals surface area contributed by atoms with Crippen LogP contribution in [0.4, 0.5) is 22.0 Å². The van der Waals surface area contributed by atoms with E-state index in [0.29, 0.717) is 18.9 Å². The predicted octanol–water partition coefficient (Wildman–Crippen LogP) is 4.61. The molecule has 1 N–H and O–H groups in total. The Hall–Kier alpha value is -1.22. The van der Waals surface area contributed by atoms with Gasteiger partial charge in [-0.3, -0.25) is 4.79 Å². The van der Waals surface area contributed by atoms with E-state index in [1.807, 2.05) is 0 Å². The minimum absolute atomic E-state index is 0.471. The maximum atomic E-state index is 14.5. The van der Waals surface area contributed by atoms with Crippen LogP contribution in [0.1, 0.15) is 54.9 Å². The molecule has 0 spiro atoms. The summed E-state index contributed by atoms with van der Waals surface area (Å²) < 4.78 is 76.9. The van der Waals surface area contributed by atoms with Crippen molar-refractivity contribution in [3.05, 3.63) is 11.6 Å². The van der Waals surface area contributed by atoms with E-state index < -0.39 is 46.9 Å². The minimum atomic E-state index is -5.77. The molecule has 0 aromatic heterocycles. The third kappa shape index (κ3) is 3.48. The molecule has 27 heavy (non-hydrogen) atoms. The highest BCUT2D eigenvalue weighted by Crippen LogP contribution is 2.55. The first-order valence-electron chi connectivity index (χ1n) is 8.52. The van der Waals surface area contributed by atoms with Crippen molar-refractivity contribution in [1.82, 2.24) is 0 Å². The topological polar surface area (TPSA) is 55.8 Å². The van der Waals surface area contributed by atoms with Gasteiger partial charge in [-0.15, -0.1) is 0 Å². The number of esters is 1. The third-order valence-corrected chi connectivity index (χ3v) is 5.64. The van der Waals surface area contributed by atoms with Crippen LogP contribution in [0.2, 0.25) is 0 Å². The fraction of sp³-hybridized carbons (Fsp3) is 0.833. The maximum absolute atomic E-state index is 14.5. The number of carbonyl (C=O) groups excluding carboxylic acids is 1. The number of hydrogen-bond donors (Lipinski definition) is 1. The van der Waals surface area contributed by atoms with Gasteiger partial charge < -0.3 is 14.6 Å². The Morgan fingerprint density at radius 3 is 2.04 bits per heavy atom. The number of allylic oxidation sites excluding steroid dienone is 1. The number of hydrogen-bond acceptors (Lipinski definition) is 4. The van der Waals surface area contributed by atoms with Gasteiger partial charge >= 0.3 is 23.9 Å². The van der Waals surface area contributed by atoms with E-state index in [1.54, 1.807) is 40.7 Å². The van der Waals surface area contributed by atoms with Gasteiger partial charge in [-0.05, 0) is 39.5 Å². The van der Waals surface area contributed by atoms with E-state index in [1.165, 1.54) is 6.92 Å². The lowest BCUT2D eigenvalue weighted by Crippen LogP contribution is -2.64. The SMILES string of the molecule is CCC(C)(C)C(C)(C=C(C)C)C(=O)OC1(C)COC(O)(C(F)(F)F)C1(F)F. The number of rotatable bonds is 5. The van der Waals surface area contributed by atoms with Gasteiger partial charge in [0.2, 0.25) is 5.60 Å². The lowest BCUT2D eigenvalue weighted by molar-refractivity contribution is -0.409. The van der Waals surface area contributed by atoms with Crippen LogP contribution in [0.25, 0.3) is 0 Å². The number of aliphatic hydroxyl groups is 1. The van der Waals surface area contributed by atoms with Crippen LogP contribution in [0.3, 0.4) is 0 Å². The minimum Gasteiger partial charge on any atom is -0.450 e. The molecular formula is C18H27F5O4. The summed E-state index contributed by atoms with van der Waals surface area (Å²) in [5.74, 6) is -10.8. The number of halogens is 5. The van der Waals surface area contributed by atoms with Gasteiger partial charge in [-0.2, -0.15) is 22.0 Å². The molecule has 0 aromatic rings. The van der Waals surface area contributed by atoms with E-state index in [4.69, 9.17) is 4.74 Å². The molecular weight excluding hydrogens is 375 g/mol. The van der Waals surface area contributed by atoms with Crippen molar-refractivity contribution in [2.45, 2.75) is 78.4 Å². The lowest BCUT2D eigenvalue weighted by Gasteiger charge is -2.43. The molecule has 0 amide bonds. The summed E-state index contributed by atoms with van der Waals surface area (Å²) in [5, 5.41) is 9.46. The molecule has 1 heterocycles. The van der Waals surface area contributed by atoms with E-state index >= 15 is 0 Å². The Labute approximate surface area is 155 Å². The molecule has 0 aliphatic carbocycles. The molecule has 0 saturated carbocycles. The molecule has 1 rings (SSSR count). The summed E-state index contributed by atoms with van der Waals surface area (Å²) in [4.78, 5) is 12.9. The highest BCUT2D eigenvalue weighted by atomic mass is 19.4. The van der Waals surface area contributed by atoms with Gasteiger partial charge in [0.05, 0.1) is 12.0 Å². The summed E-state index contributed by atoms with van der Waals surface area (Å²) in [7, 11) is 0. The smallest absolute Gasteiger partial charge is 0.449 e. The normalized spacial score (nSPS) is 30.6. The molecule has 1 aliphatic heterocycles. The number of carbonyl (C=O) groups is 1. The summed E-state index contributed by atoms with van der Waals surface area (Å²) in [6.07, 6.45) is -3.75. The first-order valence-corrected chi connectivity index (χ1v) is 8.52. The van der Waals surface area contributed by atoms with Crippen LogP contribution in [0.5, 0.6) is 0 Å². The van der Waals surface area contributed by atoms with Gasteiger partial charge in [0.1, 0.15) is 0 Å². The Balaban J connectivity index is 3.37. The van der Waals surface area contributed by atoms with Crippen molar-refractivity contribution < 1.29 is 41.3 Å². The van der Waals surface area contributed by atoms with Crippen LogP contribution in [-0.2, 0) is 14.3 Å². The second-order valence-corrected chi connectivity index (χ2v) is 8.29. The molecule has 1 aliphatic rings. The van der Waals surface area contributed by atoms with Crippen molar-refractivity contribution in [2.75, 3.05) is 6.61 Å². The van der Waals surface area contributed by atoms with Crippen LogP contribution < -0.4 is 0 Å². The van der Waals surface area contributed by atoms with Gasteiger partial charge in [-0.1, -0.05) is 32.4 Å². The Bertz CT molecular complexity index is 624. The summed E-state index contributed by atoms with van der Waals surface area (Å²) in [6.45, 7) is 9.46. The van der Waals surface area contributed by atoms with Crippen LogP contribution in [0.15, 0.2) is 11.6 Å². The Morgan fingerprint density at radius 2 is 1.70 bits per heavy atom. The zero-order valence-electron chi connectivity index (χ0n) is 16.6. The van der Waals surface area contributed by atoms with Crippen molar-refractivity contribution in [3.8, 4) is 0 Å². The standard InChI is InChI=1S/C18H27F5O4/c1-8-13(4,5)14(6,9-11(2)3)12(24)27-15(7)10-26-17(25,16(15,19)20)18(21,22)23/h9,25H,8,10H2,1-7H3. The third-order valence-electron chi connectivity index (χ3n) is 5.64. The van der Waals surface area contributed by atoms with Gasteiger partial charge in [0.25, 0.3) is 0 Å². The Morgan fingerprint density at radius 1 is 1.22 bits per heavy atom. The second-order valence-electron chi connectivity index (χ2n) is 8.29. The molecule has 4 nitrogen and oxygen atoms in total. The first-order chi connectivity index (χ1) is 11.8. The molecule has 9 heteroatoms. The quantitative estimate of drug-likeness (QED) is 0.414. The van der Waals surface area contributed by atoms with Crippen LogP contribution >= 0.6 is 0 Å². The average Bonchev–Trinajstić information content (AvgIpc) is 2.67. The highest BCUT2D eigenvalue weighted by Gasteiger charge is 2.83. The molecule has 158 valence electrons. The summed E-state index contributed by atoms with van der Waals surface area (Å²) in [6, 6.07) is 0. The highest BCUT2D eigenvalue weighted by molar-refractivity contribution is 5.80. The molecule has 0 radical (unpaired) electrons. The zero-order valence-corrected chi connectivity index (χ0v) is 16.6. The number of ether oxygens (including phenoxy) is 2. The molecule has 3 atom stereocenters. The van der Waals surface area contributed by atoms with Crippen LogP contribution in [0, 0.1) is 10.8 Å².